The topological polar surface area (TPSA) is 227 Å². The van der Waals surface area contributed by atoms with Gasteiger partial charge in [0.1, 0.15) is 18.3 Å². The Morgan fingerprint density at radius 1 is 1.36 bits per heavy atom. The fourth-order valence-corrected chi connectivity index (χ4v) is 3.16. The summed E-state index contributed by atoms with van der Waals surface area (Å²) in [5.41, 5.74) is 5.46. The predicted molar refractivity (Wildman–Crippen MR) is 72.6 cm³/mol. The Hall–Kier alpha value is -0.890. The first-order chi connectivity index (χ1) is 11.4. The number of urea groups is 1. The van der Waals surface area contributed by atoms with Gasteiger partial charge in [0.15, 0.2) is 6.23 Å². The molecule has 6 N–H and O–H groups in total. The molecule has 2 aliphatic heterocycles. The van der Waals surface area contributed by atoms with Crippen molar-refractivity contribution in [1.29, 1.82) is 0 Å². The molecule has 0 aromatic rings. The summed E-state index contributed by atoms with van der Waals surface area (Å²) in [5, 5.41) is 12.4. The van der Waals surface area contributed by atoms with E-state index in [2.05, 4.69) is 14.4 Å². The molecule has 14 nitrogen and oxygen atoms in total. The van der Waals surface area contributed by atoms with Gasteiger partial charge in [-0.1, -0.05) is 0 Å². The summed E-state index contributed by atoms with van der Waals surface area (Å²) < 4.78 is 35.2. The maximum atomic E-state index is 11.9. The van der Waals surface area contributed by atoms with Crippen LogP contribution in [0, 0.1) is 0 Å². The quantitative estimate of drug-likeness (QED) is 0.269. The summed E-state index contributed by atoms with van der Waals surface area (Å²) in [6.07, 6.45) is -5.05. The maximum Gasteiger partial charge on any atom is 0.325 e. The monoisotopic (exact) mass is 403 g/mol. The fraction of sp³-hybridized carbons (Fsp3) is 0.667. The highest BCUT2D eigenvalue weighted by Crippen LogP contribution is 2.40. The first-order valence-corrected chi connectivity index (χ1v) is 9.63. The molecule has 0 aromatic heterocycles. The van der Waals surface area contributed by atoms with Crippen LogP contribution >= 0.6 is 15.6 Å². The SMILES string of the molecule is NC1C=CN(C2OC(COP(=O)([O-])O)C(OP(=O)([O-])O)C2O)C(=O)N1. The van der Waals surface area contributed by atoms with Crippen molar-refractivity contribution in [2.45, 2.75) is 30.7 Å². The van der Waals surface area contributed by atoms with Gasteiger partial charge in [0.25, 0.3) is 15.6 Å². The van der Waals surface area contributed by atoms with Gasteiger partial charge in [0.2, 0.25) is 0 Å². The van der Waals surface area contributed by atoms with Crippen molar-refractivity contribution >= 4 is 21.7 Å². The first kappa shape index (κ1) is 20.4. The molecule has 16 heteroatoms. The number of amides is 2. The second-order valence-corrected chi connectivity index (χ2v) is 7.43. The summed E-state index contributed by atoms with van der Waals surface area (Å²) >= 11 is 0. The van der Waals surface area contributed by atoms with E-state index in [0.717, 1.165) is 11.1 Å². The lowest BCUT2D eigenvalue weighted by atomic mass is 10.1. The average molecular weight is 403 g/mol. The Balaban J connectivity index is 2.20. The average Bonchev–Trinajstić information content (AvgIpc) is 2.72. The predicted octanol–water partition coefficient (Wildman–Crippen LogP) is -3.78. The minimum atomic E-state index is -5.36. The molecule has 0 saturated carbocycles. The van der Waals surface area contributed by atoms with E-state index in [4.69, 9.17) is 20.3 Å². The minimum Gasteiger partial charge on any atom is -0.756 e. The normalized spacial score (nSPS) is 37.4. The molecule has 25 heavy (non-hydrogen) atoms. The zero-order valence-electron chi connectivity index (χ0n) is 12.3. The number of nitrogens with one attached hydrogen (secondary N) is 1. The van der Waals surface area contributed by atoms with Crippen LogP contribution in [0.4, 0.5) is 4.79 Å². The van der Waals surface area contributed by atoms with E-state index in [1.54, 1.807) is 0 Å². The molecule has 7 unspecified atom stereocenters. The first-order valence-electron chi connectivity index (χ1n) is 6.64. The Labute approximate surface area is 140 Å². The number of nitrogens with two attached hydrogens (primary N) is 1. The van der Waals surface area contributed by atoms with Gasteiger partial charge >= 0.3 is 6.03 Å². The summed E-state index contributed by atoms with van der Waals surface area (Å²) in [6, 6.07) is -0.801. The van der Waals surface area contributed by atoms with Crippen LogP contribution in [0.3, 0.4) is 0 Å². The highest BCUT2D eigenvalue weighted by molar-refractivity contribution is 7.45. The van der Waals surface area contributed by atoms with Crippen LogP contribution < -0.4 is 20.8 Å². The number of ether oxygens (including phenoxy) is 1. The lowest BCUT2D eigenvalue weighted by molar-refractivity contribution is -0.229. The standard InChI is InChI=1S/C9H17N3O11P2/c10-5-1-2-12(9(14)11-5)8-6(13)7(23-25(18,19)20)4(22-8)3-21-24(15,16)17/h1-2,4-8,13H,3,10H2,(H,11,14)(H2,15,16,17)(H2,18,19,20)/p-2. The van der Waals surface area contributed by atoms with Gasteiger partial charge in [0.05, 0.1) is 12.8 Å². The van der Waals surface area contributed by atoms with Gasteiger partial charge < -0.3 is 49.5 Å². The van der Waals surface area contributed by atoms with Gasteiger partial charge in [-0.05, 0) is 6.08 Å². The van der Waals surface area contributed by atoms with E-state index in [-0.39, 0.29) is 0 Å². The molecule has 2 heterocycles. The van der Waals surface area contributed by atoms with Gasteiger partial charge in [-0.2, -0.15) is 0 Å². The molecule has 2 rings (SSSR count). The van der Waals surface area contributed by atoms with Crippen molar-refractivity contribution in [2.24, 2.45) is 5.73 Å². The van der Waals surface area contributed by atoms with Crippen LogP contribution in [0.5, 0.6) is 0 Å². The van der Waals surface area contributed by atoms with Gasteiger partial charge in [-0.25, -0.2) is 4.79 Å². The number of carbonyl (C=O) groups excluding carboxylic acids is 1. The molecule has 1 fully saturated rings. The van der Waals surface area contributed by atoms with Crippen LogP contribution in [-0.4, -0.2) is 63.1 Å². The van der Waals surface area contributed by atoms with E-state index < -0.39 is 59.0 Å². The van der Waals surface area contributed by atoms with Crippen LogP contribution in [0.15, 0.2) is 12.3 Å². The van der Waals surface area contributed by atoms with E-state index >= 15 is 0 Å². The third kappa shape index (κ3) is 5.54. The maximum absolute atomic E-state index is 11.9. The van der Waals surface area contributed by atoms with Crippen molar-refractivity contribution < 1.29 is 52.4 Å². The highest BCUT2D eigenvalue weighted by Gasteiger charge is 2.50. The lowest BCUT2D eigenvalue weighted by Crippen LogP contribution is -2.55. The molecule has 0 aromatic carbocycles. The number of aliphatic hydroxyl groups is 1. The Bertz CT molecular complexity index is 632. The molecule has 1 saturated heterocycles. The summed E-state index contributed by atoms with van der Waals surface area (Å²) in [5.74, 6) is 0. The number of hydrogen-bond acceptors (Lipinski definition) is 10. The number of hydrogen-bond donors (Lipinski definition) is 5. The van der Waals surface area contributed by atoms with Crippen molar-refractivity contribution in [3.63, 3.8) is 0 Å². The molecule has 0 spiro atoms. The van der Waals surface area contributed by atoms with Crippen LogP contribution in [0.2, 0.25) is 0 Å². The molecule has 2 amide bonds. The number of rotatable bonds is 6. The van der Waals surface area contributed by atoms with Gasteiger partial charge in [0, 0.05) is 6.20 Å². The van der Waals surface area contributed by atoms with E-state index in [1.807, 2.05) is 0 Å². The van der Waals surface area contributed by atoms with Crippen molar-refractivity contribution in [3.8, 4) is 0 Å². The van der Waals surface area contributed by atoms with E-state index in [1.165, 1.54) is 6.08 Å². The smallest absolute Gasteiger partial charge is 0.325 e. The fourth-order valence-electron chi connectivity index (χ4n) is 2.25. The molecule has 144 valence electrons. The van der Waals surface area contributed by atoms with Crippen molar-refractivity contribution in [2.75, 3.05) is 6.61 Å². The van der Waals surface area contributed by atoms with Crippen LogP contribution in [0.25, 0.3) is 0 Å². The number of nitrogens with zero attached hydrogens (tertiary/aromatic N) is 1. The second kappa shape index (κ2) is 7.39. The minimum absolute atomic E-state index is 0.798. The summed E-state index contributed by atoms with van der Waals surface area (Å²) in [6.45, 7) is -0.950. The second-order valence-electron chi connectivity index (χ2n) is 5.08. The molecular formula is C9H15N3O11P2-2. The summed E-state index contributed by atoms with van der Waals surface area (Å²) in [4.78, 5) is 51.7. The molecule has 0 radical (unpaired) electrons. The van der Waals surface area contributed by atoms with Gasteiger partial charge in [-0.15, -0.1) is 0 Å². The zero-order valence-corrected chi connectivity index (χ0v) is 14.1. The number of phosphoric acid groups is 2. The molecule has 7 atom stereocenters. The van der Waals surface area contributed by atoms with E-state index in [9.17, 15) is 28.8 Å². The van der Waals surface area contributed by atoms with Crippen LogP contribution in [0.1, 0.15) is 0 Å². The summed E-state index contributed by atoms with van der Waals surface area (Å²) in [7, 11) is -10.5. The van der Waals surface area contributed by atoms with Gasteiger partial charge in [-0.3, -0.25) is 14.0 Å². The molecule has 0 bridgehead atoms. The molecule has 0 aliphatic carbocycles. The Morgan fingerprint density at radius 3 is 2.52 bits per heavy atom. The number of aliphatic hydroxyl groups excluding tert-OH is 1. The number of phosphoric ester groups is 2. The highest BCUT2D eigenvalue weighted by atomic mass is 31.2. The van der Waals surface area contributed by atoms with E-state index in [0.29, 0.717) is 0 Å². The third-order valence-corrected chi connectivity index (χ3v) is 4.20. The zero-order chi connectivity index (χ0) is 19.0. The largest absolute Gasteiger partial charge is 0.756 e. The third-order valence-electron chi connectivity index (χ3n) is 3.22. The molecular weight excluding hydrogens is 388 g/mol. The van der Waals surface area contributed by atoms with Crippen molar-refractivity contribution in [3.05, 3.63) is 12.3 Å². The Kier molecular flexibility index (Phi) is 6.03. The Morgan fingerprint density at radius 2 is 2.00 bits per heavy atom. The van der Waals surface area contributed by atoms with Crippen LogP contribution in [-0.2, 0) is 22.9 Å². The lowest BCUT2D eigenvalue weighted by Gasteiger charge is -2.31. The van der Waals surface area contributed by atoms with Crippen molar-refractivity contribution in [1.82, 2.24) is 10.2 Å². The number of carbonyl (C=O) groups is 1. The molecule has 2 aliphatic rings.